The molecule has 0 radical (unpaired) electrons. The summed E-state index contributed by atoms with van der Waals surface area (Å²) >= 11 is 0. The molecule has 2 N–H and O–H groups in total. The number of amides is 1. The molecule has 0 aliphatic heterocycles. The molecule has 0 fully saturated rings. The van der Waals surface area contributed by atoms with E-state index in [9.17, 15) is 9.59 Å². The summed E-state index contributed by atoms with van der Waals surface area (Å²) in [5, 5.41) is 3.38. The zero-order chi connectivity index (χ0) is 16.2. The molecule has 3 aromatic rings. The SMILES string of the molecule is COc1ccccc1CNC(=O)C(=O)c1c[nH]c2ccccc12. The number of aromatic nitrogens is 1. The van der Waals surface area contributed by atoms with E-state index in [0.717, 1.165) is 16.5 Å². The monoisotopic (exact) mass is 308 g/mol. The molecule has 1 amide bonds. The fourth-order valence-electron chi connectivity index (χ4n) is 2.49. The fourth-order valence-corrected chi connectivity index (χ4v) is 2.49. The molecule has 0 atom stereocenters. The van der Waals surface area contributed by atoms with Crippen LogP contribution >= 0.6 is 0 Å². The molecule has 3 rings (SSSR count). The van der Waals surface area contributed by atoms with E-state index in [1.165, 1.54) is 0 Å². The minimum atomic E-state index is -0.638. The number of Topliss-reactive ketones (excluding diaryl/α,β-unsaturated/α-hetero) is 1. The number of carbonyl (C=O) groups excluding carboxylic acids is 2. The Bertz CT molecular complexity index is 867. The van der Waals surface area contributed by atoms with Gasteiger partial charge in [-0.05, 0) is 12.1 Å². The second kappa shape index (κ2) is 6.36. The van der Waals surface area contributed by atoms with Gasteiger partial charge in [-0.1, -0.05) is 36.4 Å². The molecule has 0 spiro atoms. The lowest BCUT2D eigenvalue weighted by atomic mass is 10.1. The lowest BCUT2D eigenvalue weighted by Gasteiger charge is -2.08. The summed E-state index contributed by atoms with van der Waals surface area (Å²) in [6, 6.07) is 14.7. The van der Waals surface area contributed by atoms with E-state index in [-0.39, 0.29) is 6.54 Å². The van der Waals surface area contributed by atoms with Gasteiger partial charge in [0.15, 0.2) is 0 Å². The predicted molar refractivity (Wildman–Crippen MR) is 87.5 cm³/mol. The lowest BCUT2D eigenvalue weighted by Crippen LogP contribution is -2.30. The Balaban J connectivity index is 1.74. The van der Waals surface area contributed by atoms with Crippen molar-refractivity contribution in [1.82, 2.24) is 10.3 Å². The number of rotatable bonds is 5. The number of hydrogen-bond acceptors (Lipinski definition) is 3. The normalized spacial score (nSPS) is 10.5. The van der Waals surface area contributed by atoms with Gasteiger partial charge in [0, 0.05) is 29.2 Å². The van der Waals surface area contributed by atoms with Crippen molar-refractivity contribution < 1.29 is 14.3 Å². The number of fused-ring (bicyclic) bond motifs is 1. The van der Waals surface area contributed by atoms with Crippen LogP contribution in [0.15, 0.2) is 54.7 Å². The topological polar surface area (TPSA) is 71.2 Å². The number of benzene rings is 2. The molecule has 0 aliphatic rings. The van der Waals surface area contributed by atoms with E-state index in [1.807, 2.05) is 48.5 Å². The molecule has 116 valence electrons. The standard InChI is InChI=1S/C18H16N2O3/c1-23-16-9-5-2-6-12(16)10-20-18(22)17(21)14-11-19-15-8-4-3-7-13(14)15/h2-9,11,19H,10H2,1H3,(H,20,22). The first-order valence-electron chi connectivity index (χ1n) is 7.21. The van der Waals surface area contributed by atoms with Crippen LogP contribution in [0.2, 0.25) is 0 Å². The molecule has 0 bridgehead atoms. The van der Waals surface area contributed by atoms with Gasteiger partial charge in [-0.15, -0.1) is 0 Å². The highest BCUT2D eigenvalue weighted by atomic mass is 16.5. The van der Waals surface area contributed by atoms with Crippen molar-refractivity contribution in [2.45, 2.75) is 6.54 Å². The maximum atomic E-state index is 12.3. The van der Waals surface area contributed by atoms with Crippen molar-refractivity contribution in [2.75, 3.05) is 7.11 Å². The van der Waals surface area contributed by atoms with Gasteiger partial charge in [0.2, 0.25) is 0 Å². The molecule has 0 aliphatic carbocycles. The summed E-state index contributed by atoms with van der Waals surface area (Å²) in [4.78, 5) is 27.5. The first-order chi connectivity index (χ1) is 11.2. The third kappa shape index (κ3) is 2.94. The minimum Gasteiger partial charge on any atom is -0.496 e. The molecule has 2 aromatic carbocycles. The number of methoxy groups -OCH3 is 1. The van der Waals surface area contributed by atoms with Crippen LogP contribution in [0.5, 0.6) is 5.75 Å². The highest BCUT2D eigenvalue weighted by Crippen LogP contribution is 2.19. The second-order valence-electron chi connectivity index (χ2n) is 5.07. The van der Waals surface area contributed by atoms with Gasteiger partial charge in [-0.3, -0.25) is 9.59 Å². The summed E-state index contributed by atoms with van der Waals surface area (Å²) in [7, 11) is 1.57. The molecule has 5 heteroatoms. The Labute approximate surface area is 133 Å². The summed E-state index contributed by atoms with van der Waals surface area (Å²) in [5.41, 5.74) is 2.02. The minimum absolute atomic E-state index is 0.233. The Morgan fingerprint density at radius 2 is 1.83 bits per heavy atom. The Hall–Kier alpha value is -3.08. The van der Waals surface area contributed by atoms with Crippen molar-refractivity contribution in [3.8, 4) is 5.75 Å². The quantitative estimate of drug-likeness (QED) is 0.562. The van der Waals surface area contributed by atoms with E-state index in [2.05, 4.69) is 10.3 Å². The van der Waals surface area contributed by atoms with Crippen LogP contribution in [0.4, 0.5) is 0 Å². The van der Waals surface area contributed by atoms with Crippen LogP contribution in [0, 0.1) is 0 Å². The summed E-state index contributed by atoms with van der Waals surface area (Å²) < 4.78 is 5.23. The third-order valence-electron chi connectivity index (χ3n) is 3.67. The maximum Gasteiger partial charge on any atom is 0.292 e. The lowest BCUT2D eigenvalue weighted by molar-refractivity contribution is -0.117. The van der Waals surface area contributed by atoms with Gasteiger partial charge < -0.3 is 15.0 Å². The molecular formula is C18H16N2O3. The van der Waals surface area contributed by atoms with Gasteiger partial charge in [-0.2, -0.15) is 0 Å². The van der Waals surface area contributed by atoms with Crippen LogP contribution in [-0.4, -0.2) is 23.8 Å². The zero-order valence-electron chi connectivity index (χ0n) is 12.6. The van der Waals surface area contributed by atoms with E-state index in [4.69, 9.17) is 4.74 Å². The van der Waals surface area contributed by atoms with E-state index in [0.29, 0.717) is 11.3 Å². The maximum absolute atomic E-state index is 12.3. The number of ketones is 1. The van der Waals surface area contributed by atoms with Gasteiger partial charge >= 0.3 is 0 Å². The molecule has 1 aromatic heterocycles. The Kier molecular flexibility index (Phi) is 4.10. The highest BCUT2D eigenvalue weighted by Gasteiger charge is 2.19. The van der Waals surface area contributed by atoms with Gasteiger partial charge in [0.25, 0.3) is 11.7 Å². The van der Waals surface area contributed by atoms with Crippen molar-refractivity contribution in [3.63, 3.8) is 0 Å². The van der Waals surface area contributed by atoms with Crippen LogP contribution in [0.3, 0.4) is 0 Å². The molecule has 23 heavy (non-hydrogen) atoms. The summed E-state index contributed by atoms with van der Waals surface area (Å²) in [5.74, 6) is -0.523. The Morgan fingerprint density at radius 3 is 2.65 bits per heavy atom. The van der Waals surface area contributed by atoms with E-state index >= 15 is 0 Å². The number of ether oxygens (including phenoxy) is 1. The highest BCUT2D eigenvalue weighted by molar-refractivity contribution is 6.44. The number of carbonyl (C=O) groups is 2. The van der Waals surface area contributed by atoms with Crippen LogP contribution in [-0.2, 0) is 11.3 Å². The second-order valence-corrected chi connectivity index (χ2v) is 5.07. The number of nitrogens with one attached hydrogen (secondary N) is 2. The fraction of sp³-hybridized carbons (Fsp3) is 0.111. The molecule has 0 unspecified atom stereocenters. The molecule has 0 saturated heterocycles. The van der Waals surface area contributed by atoms with Crippen molar-refractivity contribution in [1.29, 1.82) is 0 Å². The molecule has 1 heterocycles. The number of hydrogen-bond donors (Lipinski definition) is 2. The largest absolute Gasteiger partial charge is 0.496 e. The van der Waals surface area contributed by atoms with E-state index in [1.54, 1.807) is 13.3 Å². The molecular weight excluding hydrogens is 292 g/mol. The van der Waals surface area contributed by atoms with Crippen LogP contribution in [0.1, 0.15) is 15.9 Å². The summed E-state index contributed by atoms with van der Waals surface area (Å²) in [6.07, 6.45) is 1.57. The van der Waals surface area contributed by atoms with Gasteiger partial charge in [0.1, 0.15) is 5.75 Å². The molecule has 0 saturated carbocycles. The van der Waals surface area contributed by atoms with Crippen LogP contribution in [0.25, 0.3) is 10.9 Å². The van der Waals surface area contributed by atoms with Crippen molar-refractivity contribution >= 4 is 22.6 Å². The molecule has 5 nitrogen and oxygen atoms in total. The number of para-hydroxylation sites is 2. The smallest absolute Gasteiger partial charge is 0.292 e. The number of H-pyrrole nitrogens is 1. The van der Waals surface area contributed by atoms with Crippen molar-refractivity contribution in [3.05, 3.63) is 65.9 Å². The summed E-state index contributed by atoms with van der Waals surface area (Å²) in [6.45, 7) is 0.233. The first kappa shape index (κ1) is 14.8. The van der Waals surface area contributed by atoms with Gasteiger partial charge in [0.05, 0.1) is 12.7 Å². The predicted octanol–water partition coefficient (Wildman–Crippen LogP) is 2.68. The van der Waals surface area contributed by atoms with E-state index < -0.39 is 11.7 Å². The Morgan fingerprint density at radius 1 is 1.09 bits per heavy atom. The first-order valence-corrected chi connectivity index (χ1v) is 7.21. The average molecular weight is 308 g/mol. The van der Waals surface area contributed by atoms with Gasteiger partial charge in [-0.25, -0.2) is 0 Å². The van der Waals surface area contributed by atoms with Crippen molar-refractivity contribution in [2.24, 2.45) is 0 Å². The number of aromatic amines is 1. The van der Waals surface area contributed by atoms with Crippen LogP contribution < -0.4 is 10.1 Å². The average Bonchev–Trinajstić information content (AvgIpc) is 3.03. The zero-order valence-corrected chi connectivity index (χ0v) is 12.6. The third-order valence-corrected chi connectivity index (χ3v) is 3.67.